The Balaban J connectivity index is 2.57. The molecule has 0 aromatic carbocycles. The van der Waals surface area contributed by atoms with Gasteiger partial charge in [0.15, 0.2) is 0 Å². The van der Waals surface area contributed by atoms with Crippen LogP contribution < -0.4 is 5.32 Å². The fraction of sp³-hybridized carbons (Fsp3) is 0.727. The van der Waals surface area contributed by atoms with Gasteiger partial charge in [-0.3, -0.25) is 4.21 Å². The van der Waals surface area contributed by atoms with E-state index in [0.717, 1.165) is 24.2 Å². The SMILES string of the molecule is CCc1nnc(NCCS(=O)CC)nc1CC. The molecule has 1 heterocycles. The second-order valence-corrected chi connectivity index (χ2v) is 5.46. The Kier molecular flexibility index (Phi) is 6.04. The van der Waals surface area contributed by atoms with Gasteiger partial charge in [-0.15, -0.1) is 5.10 Å². The van der Waals surface area contributed by atoms with E-state index in [1.807, 2.05) is 13.8 Å². The first-order valence-electron chi connectivity index (χ1n) is 6.02. The number of nitrogens with one attached hydrogen (secondary N) is 1. The van der Waals surface area contributed by atoms with Gasteiger partial charge in [-0.25, -0.2) is 4.98 Å². The highest BCUT2D eigenvalue weighted by molar-refractivity contribution is 7.84. The van der Waals surface area contributed by atoms with Crippen molar-refractivity contribution in [3.8, 4) is 0 Å². The second-order valence-electron chi connectivity index (χ2n) is 3.60. The lowest BCUT2D eigenvalue weighted by atomic mass is 10.2. The molecule has 0 spiro atoms. The van der Waals surface area contributed by atoms with Gasteiger partial charge >= 0.3 is 0 Å². The number of nitrogens with zero attached hydrogens (tertiary/aromatic N) is 3. The third-order valence-corrected chi connectivity index (χ3v) is 3.75. The molecular weight excluding hydrogens is 236 g/mol. The normalized spacial score (nSPS) is 12.4. The lowest BCUT2D eigenvalue weighted by Crippen LogP contribution is -2.15. The van der Waals surface area contributed by atoms with E-state index in [1.54, 1.807) is 0 Å². The first-order valence-corrected chi connectivity index (χ1v) is 7.51. The average Bonchev–Trinajstić information content (AvgIpc) is 2.38. The number of hydrogen-bond acceptors (Lipinski definition) is 5. The summed E-state index contributed by atoms with van der Waals surface area (Å²) in [5.74, 6) is 1.85. The Hall–Kier alpha value is -1.04. The van der Waals surface area contributed by atoms with E-state index in [2.05, 4.69) is 27.4 Å². The van der Waals surface area contributed by atoms with Crippen molar-refractivity contribution < 1.29 is 4.21 Å². The lowest BCUT2D eigenvalue weighted by molar-refractivity contribution is 0.684. The van der Waals surface area contributed by atoms with E-state index in [-0.39, 0.29) is 0 Å². The van der Waals surface area contributed by atoms with Crippen LogP contribution in [-0.4, -0.2) is 37.4 Å². The smallest absolute Gasteiger partial charge is 0.243 e. The topological polar surface area (TPSA) is 67.8 Å². The molecule has 1 unspecified atom stereocenters. The highest BCUT2D eigenvalue weighted by atomic mass is 32.2. The molecule has 0 aliphatic rings. The van der Waals surface area contributed by atoms with Crippen molar-refractivity contribution in [3.63, 3.8) is 0 Å². The predicted octanol–water partition coefficient (Wildman–Crippen LogP) is 1.18. The minimum absolute atomic E-state index is 0.534. The summed E-state index contributed by atoms with van der Waals surface area (Å²) in [6.07, 6.45) is 1.71. The van der Waals surface area contributed by atoms with Crippen LogP contribution in [0.3, 0.4) is 0 Å². The Bertz CT molecular complexity index is 384. The van der Waals surface area contributed by atoms with Gasteiger partial charge in [0.1, 0.15) is 0 Å². The lowest BCUT2D eigenvalue weighted by Gasteiger charge is -2.07. The maximum absolute atomic E-state index is 11.2. The van der Waals surface area contributed by atoms with E-state index < -0.39 is 10.8 Å². The van der Waals surface area contributed by atoms with Gasteiger partial charge in [-0.2, -0.15) is 5.10 Å². The second kappa shape index (κ2) is 7.32. The Morgan fingerprint density at radius 2 is 1.82 bits per heavy atom. The molecule has 1 atom stereocenters. The molecule has 1 aromatic heterocycles. The molecule has 0 saturated carbocycles. The third kappa shape index (κ3) is 4.38. The van der Waals surface area contributed by atoms with Crippen LogP contribution in [0.25, 0.3) is 0 Å². The zero-order chi connectivity index (χ0) is 12.7. The van der Waals surface area contributed by atoms with Crippen molar-refractivity contribution in [2.75, 3.05) is 23.4 Å². The zero-order valence-corrected chi connectivity index (χ0v) is 11.5. The van der Waals surface area contributed by atoms with Crippen LogP contribution in [0.15, 0.2) is 0 Å². The van der Waals surface area contributed by atoms with Gasteiger partial charge in [0, 0.05) is 28.9 Å². The average molecular weight is 256 g/mol. The number of hydrogen-bond donors (Lipinski definition) is 1. The van der Waals surface area contributed by atoms with E-state index in [1.165, 1.54) is 0 Å². The molecule has 0 aliphatic heterocycles. The summed E-state index contributed by atoms with van der Waals surface area (Å²) in [5.41, 5.74) is 1.94. The largest absolute Gasteiger partial charge is 0.352 e. The first kappa shape index (κ1) is 14.0. The summed E-state index contributed by atoms with van der Waals surface area (Å²) < 4.78 is 11.2. The van der Waals surface area contributed by atoms with E-state index in [9.17, 15) is 4.21 Å². The van der Waals surface area contributed by atoms with Crippen LogP contribution in [0.1, 0.15) is 32.2 Å². The Morgan fingerprint density at radius 3 is 2.41 bits per heavy atom. The van der Waals surface area contributed by atoms with Gasteiger partial charge < -0.3 is 5.32 Å². The highest BCUT2D eigenvalue weighted by Crippen LogP contribution is 2.06. The number of rotatable bonds is 7. The Labute approximate surface area is 105 Å². The minimum atomic E-state index is -0.752. The summed E-state index contributed by atoms with van der Waals surface area (Å²) in [6.45, 7) is 6.64. The molecule has 0 saturated heterocycles. The van der Waals surface area contributed by atoms with Gasteiger partial charge in [0.2, 0.25) is 5.95 Å². The Morgan fingerprint density at radius 1 is 1.12 bits per heavy atom. The van der Waals surface area contributed by atoms with Crippen molar-refractivity contribution in [1.82, 2.24) is 15.2 Å². The molecule has 1 aromatic rings. The summed E-state index contributed by atoms with van der Waals surface area (Å²) in [7, 11) is -0.752. The van der Waals surface area contributed by atoms with Crippen LogP contribution in [0.4, 0.5) is 5.95 Å². The van der Waals surface area contributed by atoms with E-state index in [0.29, 0.717) is 24.0 Å². The van der Waals surface area contributed by atoms with Gasteiger partial charge in [-0.1, -0.05) is 20.8 Å². The molecule has 0 aliphatic carbocycles. The van der Waals surface area contributed by atoms with Crippen molar-refractivity contribution in [3.05, 3.63) is 11.4 Å². The molecule has 1 N–H and O–H groups in total. The summed E-state index contributed by atoms with van der Waals surface area (Å²) in [4.78, 5) is 4.40. The zero-order valence-electron chi connectivity index (χ0n) is 10.7. The van der Waals surface area contributed by atoms with Crippen LogP contribution in [0.5, 0.6) is 0 Å². The summed E-state index contributed by atoms with van der Waals surface area (Å²) >= 11 is 0. The molecular formula is C11H20N4OS. The van der Waals surface area contributed by atoms with Crippen LogP contribution in [0.2, 0.25) is 0 Å². The molecule has 0 radical (unpaired) electrons. The molecule has 17 heavy (non-hydrogen) atoms. The minimum Gasteiger partial charge on any atom is -0.352 e. The van der Waals surface area contributed by atoms with Crippen molar-refractivity contribution in [2.24, 2.45) is 0 Å². The van der Waals surface area contributed by atoms with Gasteiger partial charge in [0.25, 0.3) is 0 Å². The molecule has 0 amide bonds. The molecule has 0 bridgehead atoms. The molecule has 0 fully saturated rings. The fourth-order valence-electron chi connectivity index (χ4n) is 1.43. The van der Waals surface area contributed by atoms with Crippen molar-refractivity contribution >= 4 is 16.7 Å². The summed E-state index contributed by atoms with van der Waals surface area (Å²) in [5, 5.41) is 11.2. The molecule has 6 heteroatoms. The quantitative estimate of drug-likeness (QED) is 0.793. The number of anilines is 1. The monoisotopic (exact) mass is 256 g/mol. The molecule has 5 nitrogen and oxygen atoms in total. The highest BCUT2D eigenvalue weighted by Gasteiger charge is 2.05. The van der Waals surface area contributed by atoms with Crippen molar-refractivity contribution in [1.29, 1.82) is 0 Å². The standard InChI is InChI=1S/C11H20N4OS/c1-4-9-10(5-2)14-15-11(13-9)12-7-8-17(16)6-3/h4-8H2,1-3H3,(H,12,13,15). The van der Waals surface area contributed by atoms with Crippen LogP contribution in [0, 0.1) is 0 Å². The first-order chi connectivity index (χ1) is 8.21. The predicted molar refractivity (Wildman–Crippen MR) is 70.6 cm³/mol. The van der Waals surface area contributed by atoms with Crippen LogP contribution >= 0.6 is 0 Å². The van der Waals surface area contributed by atoms with E-state index >= 15 is 0 Å². The van der Waals surface area contributed by atoms with Crippen molar-refractivity contribution in [2.45, 2.75) is 33.6 Å². The maximum atomic E-state index is 11.2. The van der Waals surface area contributed by atoms with Crippen LogP contribution in [-0.2, 0) is 23.6 Å². The fourth-order valence-corrected chi connectivity index (χ4v) is 2.05. The summed E-state index contributed by atoms with van der Waals surface area (Å²) in [6, 6.07) is 0. The molecule has 1 rings (SSSR count). The van der Waals surface area contributed by atoms with E-state index in [4.69, 9.17) is 0 Å². The maximum Gasteiger partial charge on any atom is 0.243 e. The van der Waals surface area contributed by atoms with Gasteiger partial charge in [-0.05, 0) is 12.8 Å². The number of aromatic nitrogens is 3. The molecule has 96 valence electrons. The number of aryl methyl sites for hydroxylation is 2. The van der Waals surface area contributed by atoms with Gasteiger partial charge in [0.05, 0.1) is 11.4 Å². The third-order valence-electron chi connectivity index (χ3n) is 2.44.